The second-order valence-corrected chi connectivity index (χ2v) is 8.60. The van der Waals surface area contributed by atoms with Crippen molar-refractivity contribution in [3.05, 3.63) is 155 Å². The third-order valence-electron chi connectivity index (χ3n) is 5.94. The van der Waals surface area contributed by atoms with Crippen molar-refractivity contribution in [1.82, 2.24) is 0 Å². The first-order valence-corrected chi connectivity index (χ1v) is 11.4. The molecular weight excluding hydrogens is 400 g/mol. The molecule has 4 aromatic rings. The van der Waals surface area contributed by atoms with Crippen molar-refractivity contribution in [2.24, 2.45) is 5.92 Å². The van der Waals surface area contributed by atoms with Gasteiger partial charge in [0.1, 0.15) is 5.60 Å². The lowest BCUT2D eigenvalue weighted by Crippen LogP contribution is -2.36. The molecule has 4 rings (SSSR count). The Kier molecular flexibility index (Phi) is 7.02. The van der Waals surface area contributed by atoms with E-state index in [1.54, 1.807) is 0 Å². The smallest absolute Gasteiger partial charge is 0.125 e. The van der Waals surface area contributed by atoms with E-state index in [4.69, 9.17) is 0 Å². The molecule has 164 valence electrons. The van der Waals surface area contributed by atoms with Crippen LogP contribution in [-0.4, -0.2) is 5.11 Å². The maximum Gasteiger partial charge on any atom is 0.125 e. The van der Waals surface area contributed by atoms with Crippen LogP contribution in [-0.2, 0) is 5.60 Å². The highest BCUT2D eigenvalue weighted by Gasteiger charge is 2.41. The molecule has 4 aromatic carbocycles. The van der Waals surface area contributed by atoms with Gasteiger partial charge < -0.3 is 5.11 Å². The molecule has 0 fully saturated rings. The van der Waals surface area contributed by atoms with Crippen molar-refractivity contribution in [3.63, 3.8) is 0 Å². The van der Waals surface area contributed by atoms with Gasteiger partial charge in [0.25, 0.3) is 0 Å². The standard InChI is InChI=1S/C32H30O/c1-25(2)23-31(30(27-17-9-4-10-18-27)24-26-15-7-3-8-16-26)32(33,28-19-11-5-12-20-28)29-21-13-6-14-22-29/h3-24,31,33H,1-2H3. The molecule has 0 aliphatic carbocycles. The molecule has 0 heterocycles. The second-order valence-electron chi connectivity index (χ2n) is 8.60. The number of aliphatic hydroxyl groups is 1. The fourth-order valence-corrected chi connectivity index (χ4v) is 4.39. The molecule has 0 radical (unpaired) electrons. The topological polar surface area (TPSA) is 20.2 Å². The van der Waals surface area contributed by atoms with Gasteiger partial charge in [-0.2, -0.15) is 0 Å². The SMILES string of the molecule is CC(C)=CC(C(=Cc1ccccc1)c1ccccc1)C(O)(c1ccccc1)c1ccccc1. The van der Waals surface area contributed by atoms with Crippen molar-refractivity contribution >= 4 is 11.6 Å². The molecule has 0 aliphatic rings. The van der Waals surface area contributed by atoms with Crippen molar-refractivity contribution in [2.75, 3.05) is 0 Å². The molecule has 1 nitrogen and oxygen atoms in total. The molecule has 0 saturated carbocycles. The second kappa shape index (κ2) is 10.3. The Hall–Kier alpha value is -3.68. The van der Waals surface area contributed by atoms with Crippen molar-refractivity contribution in [2.45, 2.75) is 19.4 Å². The highest BCUT2D eigenvalue weighted by atomic mass is 16.3. The quantitative estimate of drug-likeness (QED) is 0.235. The van der Waals surface area contributed by atoms with Gasteiger partial charge in [-0.1, -0.05) is 139 Å². The van der Waals surface area contributed by atoms with E-state index >= 15 is 0 Å². The first-order chi connectivity index (χ1) is 16.1. The van der Waals surface area contributed by atoms with Crippen LogP contribution in [0.5, 0.6) is 0 Å². The van der Waals surface area contributed by atoms with Crippen LogP contribution in [0.25, 0.3) is 11.6 Å². The minimum atomic E-state index is -1.25. The molecular formula is C32H30O. The van der Waals surface area contributed by atoms with Gasteiger partial charge in [0.15, 0.2) is 0 Å². The molecule has 1 N–H and O–H groups in total. The Balaban J connectivity index is 2.03. The summed E-state index contributed by atoms with van der Waals surface area (Å²) < 4.78 is 0. The Morgan fingerprint density at radius 3 is 1.52 bits per heavy atom. The van der Waals surface area contributed by atoms with Crippen LogP contribution < -0.4 is 0 Å². The van der Waals surface area contributed by atoms with Gasteiger partial charge >= 0.3 is 0 Å². The summed E-state index contributed by atoms with van der Waals surface area (Å²) in [6.45, 7) is 4.18. The predicted molar refractivity (Wildman–Crippen MR) is 140 cm³/mol. The molecule has 33 heavy (non-hydrogen) atoms. The summed E-state index contributed by atoms with van der Waals surface area (Å²) in [5.41, 5.74) is 4.90. The summed E-state index contributed by atoms with van der Waals surface area (Å²) in [7, 11) is 0. The Morgan fingerprint density at radius 1 is 0.636 bits per heavy atom. The molecule has 1 atom stereocenters. The summed E-state index contributed by atoms with van der Waals surface area (Å²) in [6, 6.07) is 40.7. The van der Waals surface area contributed by atoms with Gasteiger partial charge in [-0.05, 0) is 41.7 Å². The minimum Gasteiger partial charge on any atom is -0.379 e. The molecule has 0 aromatic heterocycles. The third kappa shape index (κ3) is 5.05. The van der Waals surface area contributed by atoms with Crippen LogP contribution in [0.3, 0.4) is 0 Å². The van der Waals surface area contributed by atoms with E-state index in [1.165, 1.54) is 0 Å². The van der Waals surface area contributed by atoms with E-state index in [2.05, 4.69) is 62.4 Å². The first-order valence-electron chi connectivity index (χ1n) is 11.4. The monoisotopic (exact) mass is 430 g/mol. The van der Waals surface area contributed by atoms with Gasteiger partial charge in [-0.15, -0.1) is 0 Å². The number of hydrogen-bond donors (Lipinski definition) is 1. The molecule has 1 heteroatoms. The van der Waals surface area contributed by atoms with Crippen LogP contribution in [0.2, 0.25) is 0 Å². The lowest BCUT2D eigenvalue weighted by Gasteiger charge is -2.38. The average molecular weight is 431 g/mol. The zero-order valence-corrected chi connectivity index (χ0v) is 19.2. The van der Waals surface area contributed by atoms with Crippen LogP contribution in [0, 0.1) is 5.92 Å². The van der Waals surface area contributed by atoms with Gasteiger partial charge in [-0.3, -0.25) is 0 Å². The maximum absolute atomic E-state index is 12.7. The van der Waals surface area contributed by atoms with Crippen molar-refractivity contribution in [3.8, 4) is 0 Å². The van der Waals surface area contributed by atoms with E-state index in [0.717, 1.165) is 33.4 Å². The third-order valence-corrected chi connectivity index (χ3v) is 5.94. The van der Waals surface area contributed by atoms with E-state index < -0.39 is 5.60 Å². The van der Waals surface area contributed by atoms with E-state index in [1.807, 2.05) is 84.9 Å². The van der Waals surface area contributed by atoms with Crippen molar-refractivity contribution in [1.29, 1.82) is 0 Å². The fourth-order valence-electron chi connectivity index (χ4n) is 4.39. The summed E-state index contributed by atoms with van der Waals surface area (Å²) in [5, 5.41) is 12.7. The molecule has 0 spiro atoms. The highest BCUT2D eigenvalue weighted by Crippen LogP contribution is 2.45. The van der Waals surface area contributed by atoms with Crippen LogP contribution in [0.15, 0.2) is 133 Å². The highest BCUT2D eigenvalue weighted by molar-refractivity contribution is 5.85. The lowest BCUT2D eigenvalue weighted by molar-refractivity contribution is 0.0574. The van der Waals surface area contributed by atoms with Crippen molar-refractivity contribution < 1.29 is 5.11 Å². The van der Waals surface area contributed by atoms with Crippen LogP contribution in [0.4, 0.5) is 0 Å². The molecule has 0 aliphatic heterocycles. The average Bonchev–Trinajstić information content (AvgIpc) is 2.88. The van der Waals surface area contributed by atoms with Gasteiger partial charge in [0.2, 0.25) is 0 Å². The zero-order chi connectivity index (χ0) is 23.1. The molecule has 0 amide bonds. The zero-order valence-electron chi connectivity index (χ0n) is 19.2. The van der Waals surface area contributed by atoms with Crippen LogP contribution >= 0.6 is 0 Å². The number of rotatable bonds is 7. The van der Waals surface area contributed by atoms with Gasteiger partial charge in [-0.25, -0.2) is 0 Å². The van der Waals surface area contributed by atoms with E-state index in [0.29, 0.717) is 0 Å². The molecule has 0 bridgehead atoms. The fraction of sp³-hybridized carbons (Fsp3) is 0.125. The largest absolute Gasteiger partial charge is 0.379 e. The summed E-state index contributed by atoms with van der Waals surface area (Å²) in [5.74, 6) is -0.310. The normalized spacial score (nSPS) is 12.8. The Labute approximate surface area is 197 Å². The molecule has 1 unspecified atom stereocenters. The Bertz CT molecular complexity index is 1160. The predicted octanol–water partition coefficient (Wildman–Crippen LogP) is 7.75. The molecule has 0 saturated heterocycles. The van der Waals surface area contributed by atoms with E-state index in [-0.39, 0.29) is 5.92 Å². The minimum absolute atomic E-state index is 0.310. The van der Waals surface area contributed by atoms with Gasteiger partial charge in [0.05, 0.1) is 0 Å². The Morgan fingerprint density at radius 2 is 1.06 bits per heavy atom. The lowest BCUT2D eigenvalue weighted by atomic mass is 9.70. The van der Waals surface area contributed by atoms with E-state index in [9.17, 15) is 5.11 Å². The summed E-state index contributed by atoms with van der Waals surface area (Å²) >= 11 is 0. The summed E-state index contributed by atoms with van der Waals surface area (Å²) in [6.07, 6.45) is 4.40. The summed E-state index contributed by atoms with van der Waals surface area (Å²) in [4.78, 5) is 0. The number of hydrogen-bond acceptors (Lipinski definition) is 1. The maximum atomic E-state index is 12.7. The van der Waals surface area contributed by atoms with Gasteiger partial charge in [0, 0.05) is 5.92 Å². The van der Waals surface area contributed by atoms with Crippen LogP contribution in [0.1, 0.15) is 36.1 Å². The number of benzene rings is 4. The number of allylic oxidation sites excluding steroid dienone is 1. The first kappa shape index (κ1) is 22.5.